The fourth-order valence-corrected chi connectivity index (χ4v) is 7.33. The lowest BCUT2D eigenvalue weighted by Gasteiger charge is -2.34. The number of nitrogens with one attached hydrogen (secondary N) is 2. The Bertz CT molecular complexity index is 1590. The van der Waals surface area contributed by atoms with E-state index in [0.717, 1.165) is 57.7 Å². The number of anilines is 1. The number of halogens is 2. The number of aromatic nitrogens is 4. The second kappa shape index (κ2) is 10.1. The number of H-pyrrole nitrogens is 1. The maximum atomic E-state index is 14.8. The number of phenolic OH excluding ortho intramolecular Hbond substituents is 1. The number of rotatable bonds is 6. The molecule has 8 rings (SSSR count). The van der Waals surface area contributed by atoms with E-state index in [2.05, 4.69) is 30.1 Å². The van der Waals surface area contributed by atoms with Gasteiger partial charge in [0, 0.05) is 31.2 Å². The van der Waals surface area contributed by atoms with Crippen LogP contribution >= 0.6 is 12.4 Å². The molecular weight excluding hydrogens is 549 g/mol. The van der Waals surface area contributed by atoms with Gasteiger partial charge in [-0.25, -0.2) is 4.39 Å². The molecule has 0 saturated carbocycles. The van der Waals surface area contributed by atoms with Gasteiger partial charge in [-0.3, -0.25) is 4.90 Å². The summed E-state index contributed by atoms with van der Waals surface area (Å²) in [6, 6.07) is 8.88. The molecule has 4 aliphatic rings. The molecule has 4 saturated heterocycles. The molecule has 2 atom stereocenters. The average Bonchev–Trinajstić information content (AvgIpc) is 3.69. The van der Waals surface area contributed by atoms with Crippen molar-refractivity contribution in [1.82, 2.24) is 30.2 Å². The van der Waals surface area contributed by atoms with E-state index >= 15 is 0 Å². The van der Waals surface area contributed by atoms with Crippen molar-refractivity contribution in [3.63, 3.8) is 0 Å². The summed E-state index contributed by atoms with van der Waals surface area (Å²) in [5, 5.41) is 14.7. The molecule has 2 aromatic carbocycles. The van der Waals surface area contributed by atoms with Gasteiger partial charge < -0.3 is 29.8 Å². The van der Waals surface area contributed by atoms with Gasteiger partial charge >= 0.3 is 12.0 Å². The van der Waals surface area contributed by atoms with E-state index in [4.69, 9.17) is 14.5 Å². The van der Waals surface area contributed by atoms with Gasteiger partial charge in [0.15, 0.2) is 11.5 Å². The molecule has 0 radical (unpaired) electrons. The summed E-state index contributed by atoms with van der Waals surface area (Å²) in [5.74, 6) is 0.437. The van der Waals surface area contributed by atoms with Crippen molar-refractivity contribution in [2.45, 2.75) is 56.1 Å². The van der Waals surface area contributed by atoms with Crippen LogP contribution in [0.4, 0.5) is 10.2 Å². The number of imidazole rings is 1. The summed E-state index contributed by atoms with van der Waals surface area (Å²) >= 11 is 0. The molecule has 2 bridgehead atoms. The lowest BCUT2D eigenvalue weighted by Crippen LogP contribution is -2.51. The third-order valence-electron chi connectivity index (χ3n) is 9.17. The zero-order valence-electron chi connectivity index (χ0n) is 22.6. The Balaban J connectivity index is 0.00000276. The number of phenols is 1. The highest BCUT2D eigenvalue weighted by Gasteiger charge is 2.45. The molecule has 0 amide bonds. The highest BCUT2D eigenvalue weighted by atomic mass is 35.5. The number of hydrogen-bond acceptors (Lipinski definition) is 9. The molecule has 12 heteroatoms. The van der Waals surface area contributed by atoms with E-state index in [1.807, 2.05) is 0 Å². The van der Waals surface area contributed by atoms with Gasteiger partial charge in [0.25, 0.3) is 0 Å². The molecule has 4 aromatic rings. The molecule has 41 heavy (non-hydrogen) atoms. The molecular formula is C29H33ClFN7O3. The minimum atomic E-state index is -0.441. The third-order valence-corrected chi connectivity index (χ3v) is 9.17. The maximum Gasteiger partial charge on any atom is 0.320 e. The zero-order valence-corrected chi connectivity index (χ0v) is 23.4. The Morgan fingerprint density at radius 2 is 1.83 bits per heavy atom. The Morgan fingerprint density at radius 1 is 1.05 bits per heavy atom. The Hall–Kier alpha value is -3.41. The molecule has 6 heterocycles. The number of hydrogen-bond donors (Lipinski definition) is 3. The van der Waals surface area contributed by atoms with Crippen LogP contribution in [-0.4, -0.2) is 80.4 Å². The average molecular weight is 582 g/mol. The largest absolute Gasteiger partial charge is 0.508 e. The van der Waals surface area contributed by atoms with Crippen molar-refractivity contribution in [3.8, 4) is 23.5 Å². The molecule has 3 N–H and O–H groups in total. The van der Waals surface area contributed by atoms with E-state index < -0.39 is 5.82 Å². The first-order valence-electron chi connectivity index (χ1n) is 14.3. The van der Waals surface area contributed by atoms with Crippen LogP contribution in [0.5, 0.6) is 23.5 Å². The van der Waals surface area contributed by atoms with Crippen LogP contribution < -0.4 is 19.7 Å². The van der Waals surface area contributed by atoms with Gasteiger partial charge in [-0.15, -0.1) is 12.4 Å². The molecule has 0 spiro atoms. The summed E-state index contributed by atoms with van der Waals surface area (Å²) in [6.07, 6.45) is 6.95. The van der Waals surface area contributed by atoms with Crippen LogP contribution in [0.3, 0.4) is 0 Å². The number of aromatic amines is 1. The van der Waals surface area contributed by atoms with Gasteiger partial charge in [-0.1, -0.05) is 12.1 Å². The number of nitrogens with zero attached hydrogens (tertiary/aromatic N) is 5. The summed E-state index contributed by atoms with van der Waals surface area (Å²) in [5.41, 5.74) is 1.15. The lowest BCUT2D eigenvalue weighted by molar-refractivity contribution is 0.108. The number of fused-ring (bicyclic) bond motifs is 5. The van der Waals surface area contributed by atoms with E-state index in [1.165, 1.54) is 31.0 Å². The number of benzene rings is 2. The monoisotopic (exact) mass is 581 g/mol. The van der Waals surface area contributed by atoms with Crippen molar-refractivity contribution in [3.05, 3.63) is 36.1 Å². The fourth-order valence-electron chi connectivity index (χ4n) is 7.33. The predicted molar refractivity (Wildman–Crippen MR) is 155 cm³/mol. The number of aromatic hydroxyl groups is 1. The zero-order chi connectivity index (χ0) is 26.8. The SMILES string of the molecule is Cl.Oc1cc(Oc2nc3nc(OCC45CCCN4CCC5)nc(N4CC5CCC(C4)N5)c3[nH]2)c2c(F)cccc2c1. The van der Waals surface area contributed by atoms with Crippen LogP contribution in [0.25, 0.3) is 21.9 Å². The van der Waals surface area contributed by atoms with Crippen LogP contribution in [0.15, 0.2) is 30.3 Å². The van der Waals surface area contributed by atoms with Crippen LogP contribution in [0.2, 0.25) is 0 Å². The predicted octanol–water partition coefficient (Wildman–Crippen LogP) is 4.51. The standard InChI is InChI=1S/C29H32FN7O3.ClH/c30-21-5-1-4-17-12-20(38)13-22(23(17)21)40-28-32-24-25(34-28)33-27(39-16-29-8-2-10-37(29)11-3-9-29)35-26(24)36-14-18-6-7-19(15-36)31-18;/h1,4-5,12-13,18-19,31,38H,2-3,6-11,14-16H2,(H,32,33,34,35);1H. The van der Waals surface area contributed by atoms with Gasteiger partial charge in [0.05, 0.1) is 10.9 Å². The molecule has 4 fully saturated rings. The van der Waals surface area contributed by atoms with Crippen molar-refractivity contribution in [2.75, 3.05) is 37.7 Å². The highest BCUT2D eigenvalue weighted by Crippen LogP contribution is 2.40. The summed E-state index contributed by atoms with van der Waals surface area (Å²) in [4.78, 5) is 22.3. The second-order valence-electron chi connectivity index (χ2n) is 11.7. The topological polar surface area (TPSA) is 112 Å². The van der Waals surface area contributed by atoms with Crippen LogP contribution in [0.1, 0.15) is 38.5 Å². The maximum absolute atomic E-state index is 14.8. The quantitative estimate of drug-likeness (QED) is 0.303. The van der Waals surface area contributed by atoms with Crippen LogP contribution in [-0.2, 0) is 0 Å². The van der Waals surface area contributed by atoms with Gasteiger partial charge in [-0.05, 0) is 69.1 Å². The first-order chi connectivity index (χ1) is 19.5. The molecule has 0 aliphatic carbocycles. The summed E-state index contributed by atoms with van der Waals surface area (Å²) in [7, 11) is 0. The van der Waals surface area contributed by atoms with Crippen molar-refractivity contribution >= 4 is 40.2 Å². The third kappa shape index (κ3) is 4.60. The highest BCUT2D eigenvalue weighted by molar-refractivity contribution is 5.91. The number of ether oxygens (including phenoxy) is 2. The lowest BCUT2D eigenvalue weighted by atomic mass is 9.95. The van der Waals surface area contributed by atoms with Crippen molar-refractivity contribution in [2.24, 2.45) is 0 Å². The summed E-state index contributed by atoms with van der Waals surface area (Å²) < 4.78 is 27.2. The minimum absolute atomic E-state index is 0. The van der Waals surface area contributed by atoms with E-state index in [1.54, 1.807) is 12.1 Å². The Kier molecular flexibility index (Phi) is 6.55. The first-order valence-corrected chi connectivity index (χ1v) is 14.3. The fraction of sp³-hybridized carbons (Fsp3) is 0.483. The van der Waals surface area contributed by atoms with Crippen molar-refractivity contribution in [1.29, 1.82) is 0 Å². The van der Waals surface area contributed by atoms with E-state index in [-0.39, 0.29) is 40.8 Å². The van der Waals surface area contributed by atoms with E-state index in [9.17, 15) is 9.50 Å². The molecule has 2 unspecified atom stereocenters. The molecule has 216 valence electrons. The first kappa shape index (κ1) is 26.5. The normalized spacial score (nSPS) is 23.2. The molecule has 4 aliphatic heterocycles. The van der Waals surface area contributed by atoms with Gasteiger partial charge in [0.2, 0.25) is 0 Å². The smallest absolute Gasteiger partial charge is 0.320 e. The second-order valence-corrected chi connectivity index (χ2v) is 11.7. The Morgan fingerprint density at radius 3 is 2.61 bits per heavy atom. The van der Waals surface area contributed by atoms with E-state index in [0.29, 0.717) is 41.3 Å². The van der Waals surface area contributed by atoms with Crippen molar-refractivity contribution < 1.29 is 19.0 Å². The number of piperazine rings is 1. The molecule has 2 aromatic heterocycles. The molecule has 10 nitrogen and oxygen atoms in total. The Labute approximate surface area is 242 Å². The van der Waals surface area contributed by atoms with Gasteiger partial charge in [0.1, 0.15) is 29.4 Å². The summed E-state index contributed by atoms with van der Waals surface area (Å²) in [6.45, 7) is 4.48. The minimum Gasteiger partial charge on any atom is -0.508 e. The van der Waals surface area contributed by atoms with Crippen LogP contribution in [0, 0.1) is 5.82 Å². The van der Waals surface area contributed by atoms with Gasteiger partial charge in [-0.2, -0.15) is 15.0 Å².